The van der Waals surface area contributed by atoms with Crippen LogP contribution in [0.3, 0.4) is 0 Å². The number of hydrogen-bond acceptors (Lipinski definition) is 6. The quantitative estimate of drug-likeness (QED) is 0.342. The van der Waals surface area contributed by atoms with Gasteiger partial charge in [-0.1, -0.05) is 34.1 Å². The molecule has 1 aliphatic rings. The topological polar surface area (TPSA) is 76.3 Å². The van der Waals surface area contributed by atoms with Gasteiger partial charge in [-0.3, -0.25) is 0 Å². The molecule has 4 rings (SSSR count). The van der Waals surface area contributed by atoms with Crippen molar-refractivity contribution >= 4 is 38.6 Å². The van der Waals surface area contributed by atoms with Crippen molar-refractivity contribution in [3.05, 3.63) is 52.5 Å². The number of aryl methyl sites for hydroxylation is 1. The third-order valence-corrected chi connectivity index (χ3v) is 6.98. The van der Waals surface area contributed by atoms with Crippen LogP contribution in [0.5, 0.6) is 5.75 Å². The number of benzene rings is 2. The molecule has 2 aromatic carbocycles. The van der Waals surface area contributed by atoms with Gasteiger partial charge in [-0.05, 0) is 74.9 Å². The number of anilines is 2. The molecule has 0 amide bonds. The number of nitrogen functional groups attached to an aromatic ring is 1. The zero-order chi connectivity index (χ0) is 25.0. The summed E-state index contributed by atoms with van der Waals surface area (Å²) in [6.07, 6.45) is 0.548. The maximum Gasteiger partial charge on any atom is 0.573 e. The predicted octanol–water partition coefficient (Wildman–Crippen LogP) is 5.84. The molecule has 0 bridgehead atoms. The molecule has 0 aliphatic heterocycles. The van der Waals surface area contributed by atoms with Gasteiger partial charge in [0.15, 0.2) is 0 Å². The van der Waals surface area contributed by atoms with E-state index in [1.807, 2.05) is 31.3 Å². The lowest BCUT2D eigenvalue weighted by atomic mass is 9.90. The van der Waals surface area contributed by atoms with Crippen molar-refractivity contribution in [2.24, 2.45) is 0 Å². The van der Waals surface area contributed by atoms with Crippen LogP contribution in [0, 0.1) is 0 Å². The van der Waals surface area contributed by atoms with Gasteiger partial charge in [0.2, 0.25) is 5.95 Å². The van der Waals surface area contributed by atoms with Gasteiger partial charge < -0.3 is 20.7 Å². The van der Waals surface area contributed by atoms with E-state index in [2.05, 4.69) is 40.9 Å². The summed E-state index contributed by atoms with van der Waals surface area (Å²) in [5.74, 6) is 0.985. The molecule has 0 atom stereocenters. The van der Waals surface area contributed by atoms with Gasteiger partial charge in [0.1, 0.15) is 11.6 Å². The van der Waals surface area contributed by atoms with E-state index in [4.69, 9.17) is 5.73 Å². The number of para-hydroxylation sites is 1. The summed E-state index contributed by atoms with van der Waals surface area (Å²) in [6.45, 7) is 0.733. The molecule has 0 saturated heterocycles. The van der Waals surface area contributed by atoms with Crippen molar-refractivity contribution < 1.29 is 17.9 Å². The molecular formula is C25H29BrF3N5O. The number of nitrogens with two attached hydrogens (primary N) is 1. The van der Waals surface area contributed by atoms with Crippen molar-refractivity contribution in [3.63, 3.8) is 0 Å². The first kappa shape index (κ1) is 25.5. The van der Waals surface area contributed by atoms with E-state index in [-0.39, 0.29) is 5.75 Å². The molecule has 0 spiro atoms. The Kier molecular flexibility index (Phi) is 8.01. The zero-order valence-corrected chi connectivity index (χ0v) is 21.1. The second kappa shape index (κ2) is 11.0. The van der Waals surface area contributed by atoms with E-state index in [9.17, 15) is 13.2 Å². The van der Waals surface area contributed by atoms with Gasteiger partial charge in [-0.2, -0.15) is 4.98 Å². The van der Waals surface area contributed by atoms with Crippen molar-refractivity contribution in [2.45, 2.75) is 57.0 Å². The number of halogens is 4. The highest BCUT2D eigenvalue weighted by Gasteiger charge is 2.32. The molecule has 1 heterocycles. The summed E-state index contributed by atoms with van der Waals surface area (Å²) in [4.78, 5) is 11.3. The van der Waals surface area contributed by atoms with Crippen molar-refractivity contribution in [3.8, 4) is 5.75 Å². The van der Waals surface area contributed by atoms with E-state index in [1.54, 1.807) is 12.1 Å². The number of rotatable bonds is 8. The van der Waals surface area contributed by atoms with Crippen LogP contribution in [-0.2, 0) is 6.42 Å². The number of fused-ring (bicyclic) bond motifs is 1. The average molecular weight is 552 g/mol. The van der Waals surface area contributed by atoms with Crippen LogP contribution >= 0.6 is 15.9 Å². The Morgan fingerprint density at radius 1 is 1.11 bits per heavy atom. The van der Waals surface area contributed by atoms with Crippen LogP contribution in [0.4, 0.5) is 24.9 Å². The van der Waals surface area contributed by atoms with E-state index in [0.717, 1.165) is 49.6 Å². The van der Waals surface area contributed by atoms with E-state index in [0.29, 0.717) is 40.3 Å². The molecule has 6 nitrogen and oxygen atoms in total. The highest BCUT2D eigenvalue weighted by molar-refractivity contribution is 9.10. The van der Waals surface area contributed by atoms with Gasteiger partial charge in [0.05, 0.1) is 5.52 Å². The van der Waals surface area contributed by atoms with Gasteiger partial charge in [0.25, 0.3) is 0 Å². The fourth-order valence-electron chi connectivity index (χ4n) is 4.62. The summed E-state index contributed by atoms with van der Waals surface area (Å²) >= 11 is 3.20. The van der Waals surface area contributed by atoms with Gasteiger partial charge in [0, 0.05) is 29.0 Å². The van der Waals surface area contributed by atoms with Crippen LogP contribution in [0.1, 0.15) is 37.7 Å². The Balaban J connectivity index is 1.25. The molecule has 3 aromatic rings. The molecule has 188 valence electrons. The zero-order valence-electron chi connectivity index (χ0n) is 19.5. The lowest BCUT2D eigenvalue weighted by molar-refractivity contribution is -0.274. The molecule has 1 fully saturated rings. The fourth-order valence-corrected chi connectivity index (χ4v) is 4.96. The standard InChI is InChI=1S/C25H29BrF3N5O/c1-34(24-32-21-7-3-2-6-20(21)23(30)33-24)19-12-10-18(11-13-19)31-14-4-5-16-8-9-17(26)15-22(16)35-25(27,28)29/h2-3,6-9,15,18-19,31H,4-5,10-14H2,1H3,(H2,30,32,33). The van der Waals surface area contributed by atoms with Crippen LogP contribution < -0.4 is 20.7 Å². The van der Waals surface area contributed by atoms with Crippen LogP contribution in [-0.4, -0.2) is 42.0 Å². The molecule has 1 saturated carbocycles. The van der Waals surface area contributed by atoms with Crippen LogP contribution in [0.15, 0.2) is 46.9 Å². The summed E-state index contributed by atoms with van der Waals surface area (Å²) in [5, 5.41) is 4.42. The molecular weight excluding hydrogens is 523 g/mol. The maximum absolute atomic E-state index is 12.7. The van der Waals surface area contributed by atoms with Crippen LogP contribution in [0.25, 0.3) is 10.9 Å². The molecule has 0 radical (unpaired) electrons. The van der Waals surface area contributed by atoms with Crippen LogP contribution in [0.2, 0.25) is 0 Å². The second-order valence-corrected chi connectivity index (χ2v) is 9.82. The van der Waals surface area contributed by atoms with Crippen molar-refractivity contribution in [2.75, 3.05) is 24.2 Å². The molecule has 0 unspecified atom stereocenters. The fraction of sp³-hybridized carbons (Fsp3) is 0.440. The minimum absolute atomic E-state index is 0.146. The lowest BCUT2D eigenvalue weighted by Gasteiger charge is -2.35. The van der Waals surface area contributed by atoms with Gasteiger partial charge in [-0.15, -0.1) is 13.2 Å². The smallest absolute Gasteiger partial charge is 0.405 e. The number of nitrogens with zero attached hydrogens (tertiary/aromatic N) is 3. The minimum Gasteiger partial charge on any atom is -0.405 e. The monoisotopic (exact) mass is 551 g/mol. The first-order chi connectivity index (χ1) is 16.7. The Morgan fingerprint density at radius 3 is 2.60 bits per heavy atom. The Bertz CT molecular complexity index is 1150. The Labute approximate surface area is 211 Å². The summed E-state index contributed by atoms with van der Waals surface area (Å²) < 4.78 is 42.8. The number of nitrogens with one attached hydrogen (secondary N) is 1. The second-order valence-electron chi connectivity index (χ2n) is 8.90. The average Bonchev–Trinajstić information content (AvgIpc) is 2.82. The molecule has 3 N–H and O–H groups in total. The number of alkyl halides is 3. The Morgan fingerprint density at radius 2 is 1.86 bits per heavy atom. The third-order valence-electron chi connectivity index (χ3n) is 6.49. The molecule has 35 heavy (non-hydrogen) atoms. The summed E-state index contributed by atoms with van der Waals surface area (Å²) in [5.41, 5.74) is 7.54. The van der Waals surface area contributed by atoms with Gasteiger partial charge >= 0.3 is 6.36 Å². The molecule has 10 heteroatoms. The van der Waals surface area contributed by atoms with Gasteiger partial charge in [-0.25, -0.2) is 4.98 Å². The largest absolute Gasteiger partial charge is 0.573 e. The third kappa shape index (κ3) is 6.76. The lowest BCUT2D eigenvalue weighted by Crippen LogP contribution is -2.41. The van der Waals surface area contributed by atoms with Crippen molar-refractivity contribution in [1.82, 2.24) is 15.3 Å². The normalized spacial score (nSPS) is 18.5. The SMILES string of the molecule is CN(c1nc(N)c2ccccc2n1)C1CCC(NCCCc2ccc(Br)cc2OC(F)(F)F)CC1. The first-order valence-electron chi connectivity index (χ1n) is 11.7. The van der Waals surface area contributed by atoms with E-state index >= 15 is 0 Å². The minimum atomic E-state index is -4.71. The Hall–Kier alpha value is -2.59. The van der Waals surface area contributed by atoms with E-state index < -0.39 is 6.36 Å². The number of hydrogen-bond donors (Lipinski definition) is 2. The highest BCUT2D eigenvalue weighted by atomic mass is 79.9. The number of ether oxygens (including phenoxy) is 1. The molecule has 1 aliphatic carbocycles. The summed E-state index contributed by atoms with van der Waals surface area (Å²) in [6, 6.07) is 13.2. The molecule has 1 aromatic heterocycles. The first-order valence-corrected chi connectivity index (χ1v) is 12.5. The van der Waals surface area contributed by atoms with Crippen molar-refractivity contribution in [1.29, 1.82) is 0 Å². The predicted molar refractivity (Wildman–Crippen MR) is 136 cm³/mol. The summed E-state index contributed by atoms with van der Waals surface area (Å²) in [7, 11) is 2.01. The number of aromatic nitrogens is 2. The maximum atomic E-state index is 12.7. The van der Waals surface area contributed by atoms with E-state index in [1.165, 1.54) is 6.07 Å². The highest BCUT2D eigenvalue weighted by Crippen LogP contribution is 2.31.